The van der Waals surface area contributed by atoms with Crippen LogP contribution in [0.2, 0.25) is 5.02 Å². The summed E-state index contributed by atoms with van der Waals surface area (Å²) in [6.45, 7) is 11.3. The monoisotopic (exact) mass is 904 g/mol. The van der Waals surface area contributed by atoms with Crippen molar-refractivity contribution in [2.75, 3.05) is 89.7 Å². The first-order valence-electron chi connectivity index (χ1n) is 21.8. The molecule has 2 saturated heterocycles. The molecule has 0 aromatic heterocycles. The van der Waals surface area contributed by atoms with Gasteiger partial charge in [-0.15, -0.1) is 23.5 Å². The summed E-state index contributed by atoms with van der Waals surface area (Å²) in [6.07, 6.45) is 10.5. The van der Waals surface area contributed by atoms with Gasteiger partial charge in [0.1, 0.15) is 11.4 Å². The maximum Gasteiger partial charge on any atom is 0.264 e. The van der Waals surface area contributed by atoms with Crippen molar-refractivity contribution in [1.29, 1.82) is 0 Å². The maximum atomic E-state index is 13.5. The molecule has 0 unspecified atom stereocenters. The van der Waals surface area contributed by atoms with E-state index in [0.717, 1.165) is 100 Å². The van der Waals surface area contributed by atoms with Crippen LogP contribution in [0.5, 0.6) is 5.75 Å². The molecule has 60 heavy (non-hydrogen) atoms. The van der Waals surface area contributed by atoms with E-state index in [2.05, 4.69) is 32.0 Å². The van der Waals surface area contributed by atoms with Gasteiger partial charge in [-0.05, 0) is 123 Å². The zero-order valence-corrected chi connectivity index (χ0v) is 38.9. The van der Waals surface area contributed by atoms with Crippen molar-refractivity contribution in [3.63, 3.8) is 0 Å². The van der Waals surface area contributed by atoms with E-state index < -0.39 is 26.8 Å². The molecule has 2 aromatic rings. The van der Waals surface area contributed by atoms with Crippen molar-refractivity contribution in [3.05, 3.63) is 70.3 Å². The molecule has 0 radical (unpaired) electrons. The van der Waals surface area contributed by atoms with Crippen molar-refractivity contribution >= 4 is 56.7 Å². The van der Waals surface area contributed by atoms with Crippen LogP contribution in [0.15, 0.2) is 48.6 Å². The number of rotatable bonds is 6. The molecule has 15 heteroatoms. The Kier molecular flexibility index (Phi) is 15.5. The molecule has 2 aromatic carbocycles. The van der Waals surface area contributed by atoms with Crippen molar-refractivity contribution in [1.82, 2.24) is 14.9 Å². The van der Waals surface area contributed by atoms with Crippen molar-refractivity contribution in [2.45, 2.75) is 85.7 Å². The van der Waals surface area contributed by atoms with E-state index in [0.29, 0.717) is 37.9 Å². The third kappa shape index (κ3) is 10.2. The Balaban J connectivity index is 0.000000359. The predicted molar refractivity (Wildman–Crippen MR) is 245 cm³/mol. The second-order valence-corrected chi connectivity index (χ2v) is 22.9. The lowest BCUT2D eigenvalue weighted by Gasteiger charge is -2.51. The van der Waals surface area contributed by atoms with E-state index in [9.17, 15) is 18.3 Å². The summed E-state index contributed by atoms with van der Waals surface area (Å²) in [5.41, 5.74) is 2.32. The highest BCUT2D eigenvalue weighted by Crippen LogP contribution is 2.53. The molecular weight excluding hydrogens is 840 g/mol. The van der Waals surface area contributed by atoms with E-state index >= 15 is 0 Å². The summed E-state index contributed by atoms with van der Waals surface area (Å²) in [7, 11) is -0.472. The topological polar surface area (TPSA) is 130 Å². The van der Waals surface area contributed by atoms with Crippen LogP contribution in [-0.4, -0.2) is 131 Å². The Morgan fingerprint density at radius 3 is 2.48 bits per heavy atom. The van der Waals surface area contributed by atoms with Crippen LogP contribution in [0.1, 0.15) is 73.9 Å². The molecule has 332 valence electrons. The molecule has 2 aliphatic carbocycles. The Labute approximate surface area is 371 Å². The molecule has 4 aliphatic heterocycles. The first kappa shape index (κ1) is 46.0. The minimum Gasteiger partial charge on any atom is -0.490 e. The Morgan fingerprint density at radius 1 is 1.03 bits per heavy atom. The number of allylic oxidation sites excluding steroid dienone is 1. The first-order chi connectivity index (χ1) is 28.9. The van der Waals surface area contributed by atoms with Crippen molar-refractivity contribution in [3.8, 4) is 5.75 Å². The molecule has 1 amide bonds. The molecule has 11 nitrogen and oxygen atoms in total. The largest absolute Gasteiger partial charge is 0.490 e. The van der Waals surface area contributed by atoms with Crippen LogP contribution in [0.4, 0.5) is 5.69 Å². The highest BCUT2D eigenvalue weighted by atomic mass is 35.5. The maximum absolute atomic E-state index is 13.5. The number of benzene rings is 2. The van der Waals surface area contributed by atoms with Crippen LogP contribution >= 0.6 is 35.1 Å². The normalized spacial score (nSPS) is 31.6. The van der Waals surface area contributed by atoms with Crippen LogP contribution in [0, 0.1) is 17.8 Å². The Hall–Kier alpha value is -2.01. The standard InChI is InChI=1S/C36H45ClN2O5S3.C9H20N2O2/c1-23-6-3-15-36(41,34-45-16-5-17-46-34)30-11-8-27(30)20-39-21-35(14-4-7-25-18-28(37)10-12-29(25)35)22-44-32-13-9-26(19-31(32)39)33(40)38-47(42,43)24(23)2;1-12-7-9(8-13-2)11-5-3-10-4-6-11/h3,9-10,12-13,15,18-19,23-24,27,30,34,41H,4-8,11,14,16-17,20-22H2,1-2H3,(H,38,40);9-10H,3-8H2,1-2H3/b15-3+;/t23-,24+,27-,30+,35-,36+;/m0./s1. The summed E-state index contributed by atoms with van der Waals surface area (Å²) in [6, 6.07) is 11.9. The van der Waals surface area contributed by atoms with E-state index in [-0.39, 0.29) is 33.3 Å². The van der Waals surface area contributed by atoms with E-state index in [1.54, 1.807) is 33.3 Å². The van der Waals surface area contributed by atoms with Crippen molar-refractivity contribution in [2.24, 2.45) is 17.8 Å². The molecule has 8 rings (SSSR count). The quantitative estimate of drug-likeness (QED) is 0.279. The lowest BCUT2D eigenvalue weighted by molar-refractivity contribution is -0.0333. The zero-order chi connectivity index (χ0) is 42.5. The highest BCUT2D eigenvalue weighted by Gasteiger charge is 2.52. The van der Waals surface area contributed by atoms with Gasteiger partial charge in [-0.1, -0.05) is 36.7 Å². The van der Waals surface area contributed by atoms with Gasteiger partial charge in [0.2, 0.25) is 10.0 Å². The van der Waals surface area contributed by atoms with Crippen LogP contribution in [-0.2, 0) is 31.3 Å². The fourth-order valence-electron chi connectivity index (χ4n) is 10.0. The SMILES string of the molecule is COCC(COC)N1CCNCC1.C[C@@H]1[C@@H](C)C/C=C/[C@](O)(C2SCCCS2)[C@@H]2CC[C@H]2CN2C[C@@]3(CCCc4cc(Cl)ccc43)COc3ccc(cc32)C(=O)NS1(=O)=O. The van der Waals surface area contributed by atoms with E-state index in [1.807, 2.05) is 54.7 Å². The number of nitrogens with zero attached hydrogens (tertiary/aromatic N) is 2. The molecule has 2 bridgehead atoms. The van der Waals surface area contributed by atoms with Crippen LogP contribution < -0.4 is 19.7 Å². The number of aryl methyl sites for hydroxylation is 1. The number of methoxy groups -OCH3 is 2. The third-order valence-corrected chi connectivity index (χ3v) is 19.1. The molecule has 3 N–H and O–H groups in total. The van der Waals surface area contributed by atoms with Crippen LogP contribution in [0.25, 0.3) is 0 Å². The molecule has 3 fully saturated rings. The van der Waals surface area contributed by atoms with Gasteiger partial charge in [-0.25, -0.2) is 13.1 Å². The number of halogens is 1. The number of carbonyl (C=O) groups is 1. The summed E-state index contributed by atoms with van der Waals surface area (Å²) in [5, 5.41) is 15.9. The number of ether oxygens (including phenoxy) is 3. The van der Waals surface area contributed by atoms with Gasteiger partial charge < -0.3 is 29.5 Å². The average molecular weight is 906 g/mol. The summed E-state index contributed by atoms with van der Waals surface area (Å²) in [4.78, 5) is 18.3. The highest BCUT2D eigenvalue weighted by molar-refractivity contribution is 8.17. The molecule has 4 heterocycles. The number of amides is 1. The molecule has 6 aliphatic rings. The van der Waals surface area contributed by atoms with Gasteiger partial charge in [-0.2, -0.15) is 0 Å². The Bertz CT molecular complexity index is 1920. The molecule has 1 spiro atoms. The minimum atomic E-state index is -3.95. The van der Waals surface area contributed by atoms with Gasteiger partial charge in [0.05, 0.1) is 41.4 Å². The molecule has 1 saturated carbocycles. The average Bonchev–Trinajstić information content (AvgIpc) is 3.38. The first-order valence-corrected chi connectivity index (χ1v) is 25.8. The van der Waals surface area contributed by atoms with E-state index in [4.69, 9.17) is 25.8 Å². The van der Waals surface area contributed by atoms with Gasteiger partial charge in [0, 0.05) is 69.5 Å². The van der Waals surface area contributed by atoms with Crippen LogP contribution in [0.3, 0.4) is 0 Å². The number of anilines is 1. The fourth-order valence-corrected chi connectivity index (χ4v) is 14.7. The lowest BCUT2D eigenvalue weighted by atomic mass is 9.64. The number of fused-ring (bicyclic) bond motifs is 4. The zero-order valence-electron chi connectivity index (χ0n) is 35.7. The third-order valence-electron chi connectivity index (χ3n) is 13.8. The number of carbonyl (C=O) groups excluding carboxylic acids is 1. The van der Waals surface area contributed by atoms with Gasteiger partial charge >= 0.3 is 0 Å². The number of hydrogen-bond donors (Lipinski definition) is 3. The second-order valence-electron chi connectivity index (χ2n) is 17.7. The van der Waals surface area contributed by atoms with Gasteiger partial charge in [0.15, 0.2) is 0 Å². The number of piperazine rings is 1. The summed E-state index contributed by atoms with van der Waals surface area (Å²) < 4.78 is 46.2. The molecule has 6 atom stereocenters. The number of aliphatic hydroxyl groups is 1. The number of sulfonamides is 1. The second kappa shape index (κ2) is 20.2. The number of thioether (sulfide) groups is 2. The molecular formula is C45H65ClN4O7S3. The number of hydrogen-bond acceptors (Lipinski definition) is 12. The predicted octanol–water partition coefficient (Wildman–Crippen LogP) is 6.36. The van der Waals surface area contributed by atoms with E-state index in [1.165, 1.54) is 11.1 Å². The lowest BCUT2D eigenvalue weighted by Crippen LogP contribution is -2.55. The summed E-state index contributed by atoms with van der Waals surface area (Å²) in [5.74, 6) is 2.18. The Morgan fingerprint density at radius 2 is 1.78 bits per heavy atom. The van der Waals surface area contributed by atoms with Gasteiger partial charge in [0.25, 0.3) is 5.91 Å². The minimum absolute atomic E-state index is 0.0302. The van der Waals surface area contributed by atoms with Gasteiger partial charge in [-0.3, -0.25) is 9.69 Å². The smallest absolute Gasteiger partial charge is 0.264 e. The summed E-state index contributed by atoms with van der Waals surface area (Å²) >= 11 is 10.2. The fraction of sp³-hybridized carbons (Fsp3) is 0.667. The number of nitrogens with one attached hydrogen (secondary N) is 2. The van der Waals surface area contributed by atoms with Crippen molar-refractivity contribution < 1.29 is 32.5 Å².